The fraction of sp³-hybridized carbons (Fsp3) is 0.161. The minimum atomic E-state index is -1.17. The number of ether oxygens (including phenoxy) is 3. The molecule has 1 aliphatic heterocycles. The third kappa shape index (κ3) is 7.97. The van der Waals surface area contributed by atoms with E-state index in [0.717, 1.165) is 5.56 Å². The summed E-state index contributed by atoms with van der Waals surface area (Å²) in [6.07, 6.45) is 0.106. The molecule has 1 amide bonds. The Morgan fingerprint density at radius 2 is 1.66 bits per heavy atom. The number of aliphatic carboxylic acids is 1. The molecule has 4 aromatic carbocycles. The van der Waals surface area contributed by atoms with Gasteiger partial charge >= 0.3 is 29.6 Å². The molecule has 1 heterocycles. The van der Waals surface area contributed by atoms with E-state index in [2.05, 4.69) is 5.32 Å². The Balaban J connectivity index is 0.00000387. The number of rotatable bonds is 9. The number of benzene rings is 4. The molecule has 41 heavy (non-hydrogen) atoms. The van der Waals surface area contributed by atoms with Crippen molar-refractivity contribution < 1.29 is 58.5 Å². The molecule has 0 saturated carbocycles. The van der Waals surface area contributed by atoms with Gasteiger partial charge in [0.25, 0.3) is 5.91 Å². The van der Waals surface area contributed by atoms with E-state index in [9.17, 15) is 14.7 Å². The Kier molecular flexibility index (Phi) is 10.6. The summed E-state index contributed by atoms with van der Waals surface area (Å²) < 4.78 is 17.6. The van der Waals surface area contributed by atoms with Crippen LogP contribution in [0.4, 0.5) is 0 Å². The summed E-state index contributed by atoms with van der Waals surface area (Å²) in [5, 5.41) is 15.3. The Bertz CT molecular complexity index is 1500. The van der Waals surface area contributed by atoms with Gasteiger partial charge in [0.1, 0.15) is 23.0 Å². The van der Waals surface area contributed by atoms with E-state index in [1.54, 1.807) is 42.5 Å². The summed E-state index contributed by atoms with van der Waals surface area (Å²) in [7, 11) is 0. The number of fused-ring (bicyclic) bond motifs is 1. The molecule has 204 valence electrons. The Labute approximate surface area is 269 Å². The molecule has 1 aliphatic rings. The topological polar surface area (TPSA) is 96.9 Å². The van der Waals surface area contributed by atoms with Crippen LogP contribution in [0.3, 0.4) is 0 Å². The second-order valence-corrected chi connectivity index (χ2v) is 10.0. The van der Waals surface area contributed by atoms with E-state index < -0.39 is 18.1 Å². The number of hydrogen-bond acceptors (Lipinski definition) is 6. The van der Waals surface area contributed by atoms with E-state index in [1.807, 2.05) is 42.5 Å². The van der Waals surface area contributed by atoms with Crippen LogP contribution < -0.4 is 54.2 Å². The summed E-state index contributed by atoms with van der Waals surface area (Å²) in [4.78, 5) is 24.6. The van der Waals surface area contributed by atoms with Crippen molar-refractivity contribution in [1.29, 1.82) is 0 Å². The predicted octanol–water partition coefficient (Wildman–Crippen LogP) is 2.78. The van der Waals surface area contributed by atoms with Crippen LogP contribution in [0.5, 0.6) is 23.0 Å². The van der Waals surface area contributed by atoms with Crippen LogP contribution in [0, 0.1) is 0 Å². The zero-order valence-electron chi connectivity index (χ0n) is 22.1. The van der Waals surface area contributed by atoms with Gasteiger partial charge in [-0.1, -0.05) is 53.5 Å². The number of carboxylic acids is 1. The SMILES string of the molecule is O=C(NC(Cc1ccc(Cl)cc1)Oc1ccccc1)c1ccc(Oc2cc3c(cc2Cl)C(C(=O)[O-])CCO3)cc1.[Na+]. The van der Waals surface area contributed by atoms with E-state index in [1.165, 1.54) is 6.07 Å². The van der Waals surface area contributed by atoms with Gasteiger partial charge in [0.05, 0.1) is 11.6 Å². The number of amides is 1. The van der Waals surface area contributed by atoms with Gasteiger partial charge < -0.3 is 29.4 Å². The predicted molar refractivity (Wildman–Crippen MR) is 149 cm³/mol. The molecule has 2 unspecified atom stereocenters. The zero-order valence-corrected chi connectivity index (χ0v) is 25.7. The van der Waals surface area contributed by atoms with Crippen LogP contribution in [0.15, 0.2) is 91.0 Å². The van der Waals surface area contributed by atoms with E-state index in [4.69, 9.17) is 37.4 Å². The van der Waals surface area contributed by atoms with Gasteiger partial charge in [-0.3, -0.25) is 4.79 Å². The van der Waals surface area contributed by atoms with Crippen molar-refractivity contribution in [2.45, 2.75) is 25.0 Å². The maximum atomic E-state index is 13.1. The number of carbonyl (C=O) groups excluding carboxylic acids is 2. The van der Waals surface area contributed by atoms with Crippen LogP contribution in [0.2, 0.25) is 10.0 Å². The molecule has 10 heteroatoms. The number of para-hydroxylation sites is 1. The molecule has 0 saturated heterocycles. The van der Waals surface area contributed by atoms with Gasteiger partial charge in [-0.25, -0.2) is 0 Å². The van der Waals surface area contributed by atoms with Crippen LogP contribution in [0.25, 0.3) is 0 Å². The first kappa shape index (κ1) is 30.8. The molecular weight excluding hydrogens is 576 g/mol. The molecule has 0 bridgehead atoms. The molecule has 0 aliphatic carbocycles. The van der Waals surface area contributed by atoms with Crippen molar-refractivity contribution in [3.05, 3.63) is 118 Å². The second kappa shape index (κ2) is 14.1. The van der Waals surface area contributed by atoms with Crippen LogP contribution in [0.1, 0.15) is 33.8 Å². The van der Waals surface area contributed by atoms with Crippen molar-refractivity contribution in [2.24, 2.45) is 0 Å². The van der Waals surface area contributed by atoms with Gasteiger partial charge in [0, 0.05) is 40.5 Å². The first-order valence-electron chi connectivity index (χ1n) is 12.6. The molecule has 1 N–H and O–H groups in total. The Morgan fingerprint density at radius 1 is 0.951 bits per heavy atom. The first-order valence-corrected chi connectivity index (χ1v) is 13.3. The average Bonchev–Trinajstić information content (AvgIpc) is 2.95. The Hall–Kier alpha value is -3.20. The largest absolute Gasteiger partial charge is 1.00 e. The Morgan fingerprint density at radius 3 is 2.34 bits per heavy atom. The normalized spacial score (nSPS) is 14.4. The fourth-order valence-corrected chi connectivity index (χ4v) is 4.70. The summed E-state index contributed by atoms with van der Waals surface area (Å²) in [6, 6.07) is 26.2. The summed E-state index contributed by atoms with van der Waals surface area (Å²) in [6.45, 7) is 0.253. The molecule has 0 radical (unpaired) electrons. The smallest absolute Gasteiger partial charge is 0.549 e. The molecule has 7 nitrogen and oxygen atoms in total. The number of carbonyl (C=O) groups is 2. The molecule has 0 fully saturated rings. The van der Waals surface area contributed by atoms with Gasteiger partial charge in [-0.2, -0.15) is 0 Å². The quantitative estimate of drug-likeness (QED) is 0.235. The molecule has 4 aromatic rings. The van der Waals surface area contributed by atoms with Gasteiger partial charge in [-0.05, 0) is 66.6 Å². The molecule has 0 spiro atoms. The minimum Gasteiger partial charge on any atom is -0.549 e. The van der Waals surface area contributed by atoms with Crippen molar-refractivity contribution in [3.8, 4) is 23.0 Å². The van der Waals surface area contributed by atoms with Gasteiger partial charge in [0.2, 0.25) is 0 Å². The number of carboxylic acid groups (broad SMARTS) is 1. The molecular formula is C31H24Cl2NNaO6. The molecule has 5 rings (SSSR count). The number of nitrogens with one attached hydrogen (secondary N) is 1. The average molecular weight is 600 g/mol. The van der Waals surface area contributed by atoms with Crippen molar-refractivity contribution >= 4 is 35.1 Å². The fourth-order valence-electron chi connectivity index (χ4n) is 4.36. The minimum absolute atomic E-state index is 0. The first-order chi connectivity index (χ1) is 19.4. The third-order valence-electron chi connectivity index (χ3n) is 6.38. The second-order valence-electron chi connectivity index (χ2n) is 9.18. The number of halogens is 2. The summed E-state index contributed by atoms with van der Waals surface area (Å²) in [5.74, 6) is -0.534. The standard InChI is InChI=1S/C31H25Cl2NO6.Na/c32-21-10-6-19(7-11-21)16-29(40-22-4-2-1-3-5-22)34-30(35)20-8-12-23(13-9-20)39-28-18-27-25(17-26(28)33)24(31(36)37)14-15-38-27;/h1-13,17-18,24,29H,14-16H2,(H,34,35)(H,36,37);/q;+1/p-1. The van der Waals surface area contributed by atoms with Crippen molar-refractivity contribution in [1.82, 2.24) is 5.32 Å². The number of hydrogen-bond donors (Lipinski definition) is 1. The monoisotopic (exact) mass is 599 g/mol. The summed E-state index contributed by atoms with van der Waals surface area (Å²) >= 11 is 12.4. The summed E-state index contributed by atoms with van der Waals surface area (Å²) in [5.41, 5.74) is 1.81. The van der Waals surface area contributed by atoms with E-state index in [0.29, 0.717) is 52.0 Å². The van der Waals surface area contributed by atoms with Crippen LogP contribution in [-0.4, -0.2) is 24.7 Å². The van der Waals surface area contributed by atoms with Gasteiger partial charge in [-0.15, -0.1) is 0 Å². The van der Waals surface area contributed by atoms with Crippen LogP contribution >= 0.6 is 23.2 Å². The van der Waals surface area contributed by atoms with E-state index >= 15 is 0 Å². The van der Waals surface area contributed by atoms with Gasteiger partial charge in [0.15, 0.2) is 6.23 Å². The maximum absolute atomic E-state index is 13.1. The molecule has 0 aromatic heterocycles. The maximum Gasteiger partial charge on any atom is 1.00 e. The van der Waals surface area contributed by atoms with Crippen molar-refractivity contribution in [2.75, 3.05) is 6.61 Å². The van der Waals surface area contributed by atoms with Crippen molar-refractivity contribution in [3.63, 3.8) is 0 Å². The molecule has 2 atom stereocenters. The van der Waals surface area contributed by atoms with E-state index in [-0.39, 0.29) is 47.1 Å². The zero-order chi connectivity index (χ0) is 28.1. The van der Waals surface area contributed by atoms with Crippen LogP contribution in [-0.2, 0) is 11.2 Å². The third-order valence-corrected chi connectivity index (χ3v) is 6.93.